The molecule has 1 fully saturated rings. The maximum Gasteiger partial charge on any atom is 0.407 e. The molecule has 24 heavy (non-hydrogen) atoms. The average molecular weight is 350 g/mol. The van der Waals surface area contributed by atoms with Crippen LogP contribution in [-0.4, -0.2) is 57.5 Å². The summed E-state index contributed by atoms with van der Waals surface area (Å²) in [6, 6.07) is 1.62. The lowest BCUT2D eigenvalue weighted by atomic mass is 9.94. The van der Waals surface area contributed by atoms with Gasteiger partial charge in [-0.15, -0.1) is 0 Å². The van der Waals surface area contributed by atoms with Crippen molar-refractivity contribution in [3.8, 4) is 6.07 Å². The number of ketones is 1. The van der Waals surface area contributed by atoms with Crippen molar-refractivity contribution in [1.82, 2.24) is 14.9 Å². The molecule has 0 unspecified atom stereocenters. The largest absolute Gasteiger partial charge is 0.465 e. The molecule has 1 saturated heterocycles. The molecule has 1 aromatic rings. The molecule has 0 radical (unpaired) electrons. The molecule has 0 spiro atoms. The van der Waals surface area contributed by atoms with E-state index in [2.05, 4.69) is 9.97 Å². The molecule has 0 saturated carbocycles. The highest BCUT2D eigenvalue weighted by molar-refractivity contribution is 6.28. The van der Waals surface area contributed by atoms with Crippen LogP contribution in [0.25, 0.3) is 0 Å². The smallest absolute Gasteiger partial charge is 0.407 e. The Morgan fingerprint density at radius 2 is 2.17 bits per heavy atom. The van der Waals surface area contributed by atoms with Crippen LogP contribution in [-0.2, 0) is 17.6 Å². The van der Waals surface area contributed by atoms with Gasteiger partial charge in [0.15, 0.2) is 0 Å². The second kappa shape index (κ2) is 6.61. The van der Waals surface area contributed by atoms with E-state index in [1.807, 2.05) is 11.0 Å². The fraction of sp³-hybridized carbons (Fsp3) is 0.533. The summed E-state index contributed by atoms with van der Waals surface area (Å²) in [5.74, 6) is 0.784. The van der Waals surface area contributed by atoms with Crippen molar-refractivity contribution in [2.24, 2.45) is 0 Å². The van der Waals surface area contributed by atoms with Crippen molar-refractivity contribution in [3.05, 3.63) is 16.5 Å². The Morgan fingerprint density at radius 1 is 1.38 bits per heavy atom. The molecule has 9 heteroatoms. The molecule has 2 heterocycles. The van der Waals surface area contributed by atoms with Gasteiger partial charge >= 0.3 is 6.09 Å². The zero-order valence-corrected chi connectivity index (χ0v) is 13.7. The van der Waals surface area contributed by atoms with Gasteiger partial charge in [0.2, 0.25) is 5.28 Å². The van der Waals surface area contributed by atoms with E-state index in [4.69, 9.17) is 16.9 Å². The van der Waals surface area contributed by atoms with Gasteiger partial charge in [0.05, 0.1) is 24.2 Å². The van der Waals surface area contributed by atoms with Gasteiger partial charge in [0, 0.05) is 38.0 Å². The number of carboxylic acid groups (broad SMARTS) is 1. The van der Waals surface area contributed by atoms with Gasteiger partial charge in [-0.2, -0.15) is 5.26 Å². The van der Waals surface area contributed by atoms with Crippen molar-refractivity contribution in [2.45, 2.75) is 31.7 Å². The molecule has 3 rings (SSSR count). The molecular formula is C15H16ClN5O3. The number of amides is 1. The maximum absolute atomic E-state index is 11.7. The standard InChI is InChI=1S/C15H16ClN5O3/c16-14-18-12-7-10(22)1-2-11(12)13(19-14)20-5-6-21(15(23)24)9(8-20)3-4-17/h9H,1-3,5-8H2,(H,23,24)/t9-/m0/s1. The third kappa shape index (κ3) is 3.12. The highest BCUT2D eigenvalue weighted by Gasteiger charge is 2.33. The second-order valence-electron chi connectivity index (χ2n) is 5.89. The SMILES string of the molecule is N#CC[C@H]1CN(c2nc(Cl)nc3c2CCC(=O)C3)CCN1C(=O)O. The number of hydrogen-bond donors (Lipinski definition) is 1. The van der Waals surface area contributed by atoms with E-state index in [-0.39, 0.29) is 30.5 Å². The highest BCUT2D eigenvalue weighted by atomic mass is 35.5. The Bertz CT molecular complexity index is 733. The van der Waals surface area contributed by atoms with Gasteiger partial charge in [0.1, 0.15) is 11.6 Å². The van der Waals surface area contributed by atoms with E-state index >= 15 is 0 Å². The Kier molecular flexibility index (Phi) is 4.53. The molecular weight excluding hydrogens is 334 g/mol. The summed E-state index contributed by atoms with van der Waals surface area (Å²) in [7, 11) is 0. The van der Waals surface area contributed by atoms with Crippen LogP contribution in [0.5, 0.6) is 0 Å². The van der Waals surface area contributed by atoms with Gasteiger partial charge in [-0.25, -0.2) is 14.8 Å². The van der Waals surface area contributed by atoms with Gasteiger partial charge < -0.3 is 14.9 Å². The lowest BCUT2D eigenvalue weighted by molar-refractivity contribution is -0.118. The van der Waals surface area contributed by atoms with Crippen LogP contribution >= 0.6 is 11.6 Å². The van der Waals surface area contributed by atoms with E-state index < -0.39 is 12.1 Å². The second-order valence-corrected chi connectivity index (χ2v) is 6.23. The summed E-state index contributed by atoms with van der Waals surface area (Å²) >= 11 is 6.01. The minimum absolute atomic E-state index is 0.0796. The minimum atomic E-state index is -1.02. The summed E-state index contributed by atoms with van der Waals surface area (Å²) < 4.78 is 0. The third-order valence-corrected chi connectivity index (χ3v) is 4.59. The number of aromatic nitrogens is 2. The number of carbonyl (C=O) groups excluding carboxylic acids is 1. The number of anilines is 1. The number of Topliss-reactive ketones (excluding diaryl/α,β-unsaturated/α-hetero) is 1. The van der Waals surface area contributed by atoms with Crippen LogP contribution < -0.4 is 4.90 Å². The van der Waals surface area contributed by atoms with Crippen LogP contribution in [0.1, 0.15) is 24.1 Å². The number of rotatable bonds is 2. The summed E-state index contributed by atoms with van der Waals surface area (Å²) in [4.78, 5) is 34.7. The highest BCUT2D eigenvalue weighted by Crippen LogP contribution is 2.30. The van der Waals surface area contributed by atoms with Crippen molar-refractivity contribution in [1.29, 1.82) is 5.26 Å². The van der Waals surface area contributed by atoms with Crippen LogP contribution in [0.2, 0.25) is 5.28 Å². The molecule has 1 aromatic heterocycles. The molecule has 126 valence electrons. The minimum Gasteiger partial charge on any atom is -0.465 e. The summed E-state index contributed by atoms with van der Waals surface area (Å²) in [5.41, 5.74) is 1.55. The lowest BCUT2D eigenvalue weighted by Gasteiger charge is -2.40. The zero-order chi connectivity index (χ0) is 17.3. The molecule has 1 N–H and O–H groups in total. The molecule has 1 aliphatic carbocycles. The molecule has 2 aliphatic rings. The summed E-state index contributed by atoms with van der Waals surface area (Å²) in [6.07, 6.45) is 0.344. The Hall–Kier alpha value is -2.40. The number of piperazine rings is 1. The molecule has 8 nitrogen and oxygen atoms in total. The fourth-order valence-corrected chi connectivity index (χ4v) is 3.45. The van der Waals surface area contributed by atoms with E-state index in [1.54, 1.807) is 0 Å². The molecule has 1 aliphatic heterocycles. The number of fused-ring (bicyclic) bond motifs is 1. The third-order valence-electron chi connectivity index (χ3n) is 4.42. The first-order chi connectivity index (χ1) is 11.5. The molecule has 0 aromatic carbocycles. The average Bonchev–Trinajstić information content (AvgIpc) is 2.53. The predicted molar refractivity (Wildman–Crippen MR) is 85.0 cm³/mol. The van der Waals surface area contributed by atoms with E-state index in [0.717, 1.165) is 5.56 Å². The number of halogens is 1. The quantitative estimate of drug-likeness (QED) is 0.800. The van der Waals surface area contributed by atoms with E-state index in [9.17, 15) is 14.7 Å². The van der Waals surface area contributed by atoms with Crippen LogP contribution in [0, 0.1) is 11.3 Å². The number of carbonyl (C=O) groups is 2. The van der Waals surface area contributed by atoms with Gasteiger partial charge in [-0.3, -0.25) is 4.79 Å². The monoisotopic (exact) mass is 349 g/mol. The van der Waals surface area contributed by atoms with E-state index in [1.165, 1.54) is 4.90 Å². The first-order valence-electron chi connectivity index (χ1n) is 7.68. The molecule has 0 bridgehead atoms. The van der Waals surface area contributed by atoms with Crippen molar-refractivity contribution >= 4 is 29.3 Å². The van der Waals surface area contributed by atoms with Gasteiger partial charge in [0.25, 0.3) is 0 Å². The normalized spacial score (nSPS) is 20.5. The van der Waals surface area contributed by atoms with Crippen molar-refractivity contribution in [3.63, 3.8) is 0 Å². The van der Waals surface area contributed by atoms with Crippen LogP contribution in [0.3, 0.4) is 0 Å². The fourth-order valence-electron chi connectivity index (χ4n) is 3.27. The number of nitrogens with zero attached hydrogens (tertiary/aromatic N) is 5. The topological polar surface area (TPSA) is 110 Å². The number of hydrogen-bond acceptors (Lipinski definition) is 6. The molecule has 1 amide bonds. The number of nitriles is 1. The Balaban J connectivity index is 1.91. The van der Waals surface area contributed by atoms with E-state index in [0.29, 0.717) is 37.4 Å². The lowest BCUT2D eigenvalue weighted by Crippen LogP contribution is -2.55. The van der Waals surface area contributed by atoms with Crippen molar-refractivity contribution < 1.29 is 14.7 Å². The predicted octanol–water partition coefficient (Wildman–Crippen LogP) is 1.27. The first-order valence-corrected chi connectivity index (χ1v) is 8.06. The van der Waals surface area contributed by atoms with Crippen molar-refractivity contribution in [2.75, 3.05) is 24.5 Å². The van der Waals surface area contributed by atoms with Crippen LogP contribution in [0.15, 0.2) is 0 Å². The molecule has 1 atom stereocenters. The van der Waals surface area contributed by atoms with Crippen LogP contribution in [0.4, 0.5) is 10.6 Å². The summed E-state index contributed by atoms with van der Waals surface area (Å²) in [6.45, 7) is 1.12. The summed E-state index contributed by atoms with van der Waals surface area (Å²) in [5, 5.41) is 18.3. The maximum atomic E-state index is 11.7. The Morgan fingerprint density at radius 3 is 2.88 bits per heavy atom. The Labute approximate surface area is 143 Å². The zero-order valence-electron chi connectivity index (χ0n) is 12.9. The first kappa shape index (κ1) is 16.5. The van der Waals surface area contributed by atoms with Gasteiger partial charge in [-0.1, -0.05) is 0 Å². The van der Waals surface area contributed by atoms with Gasteiger partial charge in [-0.05, 0) is 18.0 Å².